The Morgan fingerprint density at radius 2 is 1.82 bits per heavy atom. The Labute approximate surface area is 164 Å². The minimum atomic E-state index is -3.42. The van der Waals surface area contributed by atoms with Crippen molar-refractivity contribution < 1.29 is 13.2 Å². The summed E-state index contributed by atoms with van der Waals surface area (Å²) in [5.74, 6) is 0.567. The topological polar surface area (TPSA) is 139 Å². The van der Waals surface area contributed by atoms with Gasteiger partial charge in [0.05, 0.1) is 5.69 Å². The number of nitrogens with two attached hydrogens (primary N) is 1. The number of hydrogen-bond acceptors (Lipinski definition) is 7. The number of amides is 2. The molecule has 0 aliphatic carbocycles. The third-order valence-electron chi connectivity index (χ3n) is 4.96. The molecular weight excluding hydrogens is 380 g/mol. The number of sulfone groups is 1. The van der Waals surface area contributed by atoms with Crippen molar-refractivity contribution in [3.8, 4) is 11.4 Å². The lowest BCUT2D eigenvalue weighted by molar-refractivity contribution is 0.254. The average Bonchev–Trinajstić information content (AvgIpc) is 2.67. The first-order chi connectivity index (χ1) is 13.2. The highest BCUT2D eigenvalue weighted by Gasteiger charge is 2.45. The van der Waals surface area contributed by atoms with Gasteiger partial charge in [0.25, 0.3) is 0 Å². The number of carbonyl (C=O) groups excluding carboxylic acids is 1. The number of rotatable bonds is 4. The molecule has 1 aliphatic heterocycles. The number of nitrogen functional groups attached to an aromatic ring is 1. The molecule has 10 heteroatoms. The van der Waals surface area contributed by atoms with Crippen LogP contribution in [0.4, 0.5) is 16.3 Å². The molecule has 1 fully saturated rings. The molecule has 1 aliphatic rings. The van der Waals surface area contributed by atoms with E-state index in [-0.39, 0.29) is 11.8 Å². The van der Waals surface area contributed by atoms with E-state index in [1.54, 1.807) is 30.3 Å². The third kappa shape index (κ3) is 3.92. The maximum Gasteiger partial charge on any atom is 0.318 e. The summed E-state index contributed by atoms with van der Waals surface area (Å²) in [6, 6.07) is 8.16. The van der Waals surface area contributed by atoms with Crippen LogP contribution in [0.5, 0.6) is 0 Å². The van der Waals surface area contributed by atoms with Crippen molar-refractivity contribution in [1.29, 1.82) is 0 Å². The molecule has 28 heavy (non-hydrogen) atoms. The molecule has 0 spiro atoms. The molecule has 0 unspecified atom stereocenters. The molecule has 0 bridgehead atoms. The Morgan fingerprint density at radius 3 is 2.39 bits per heavy atom. The third-order valence-corrected chi connectivity index (χ3v) is 7.00. The van der Waals surface area contributed by atoms with Crippen LogP contribution in [0.15, 0.2) is 30.3 Å². The quantitative estimate of drug-likeness (QED) is 0.598. The fourth-order valence-electron chi connectivity index (χ4n) is 3.37. The molecule has 3 rings (SSSR count). The van der Waals surface area contributed by atoms with Gasteiger partial charge in [0, 0.05) is 30.6 Å². The summed E-state index contributed by atoms with van der Waals surface area (Å²) in [4.78, 5) is 20.3. The summed E-state index contributed by atoms with van der Waals surface area (Å²) in [5.41, 5.74) is 7.70. The second-order valence-electron chi connectivity index (χ2n) is 6.80. The minimum absolute atomic E-state index is 0.217. The molecular formula is C18H24N6O3S. The zero-order valence-electron chi connectivity index (χ0n) is 15.8. The van der Waals surface area contributed by atoms with Crippen molar-refractivity contribution in [3.63, 3.8) is 0 Å². The number of hydrogen-bond donors (Lipinski definition) is 4. The van der Waals surface area contributed by atoms with Crippen LogP contribution < -0.4 is 21.7 Å². The molecule has 1 aromatic carbocycles. The Hall–Kier alpha value is -2.72. The van der Waals surface area contributed by atoms with E-state index in [2.05, 4.69) is 25.9 Å². The van der Waals surface area contributed by atoms with Crippen LogP contribution in [0.1, 0.15) is 18.5 Å². The van der Waals surface area contributed by atoms with Crippen molar-refractivity contribution in [1.82, 2.24) is 20.6 Å². The van der Waals surface area contributed by atoms with Gasteiger partial charge >= 0.3 is 6.03 Å². The van der Waals surface area contributed by atoms with Crippen LogP contribution in [0.2, 0.25) is 0 Å². The van der Waals surface area contributed by atoms with E-state index in [4.69, 9.17) is 5.73 Å². The molecule has 2 heterocycles. The summed E-state index contributed by atoms with van der Waals surface area (Å²) in [6.07, 6.45) is 2.10. The van der Waals surface area contributed by atoms with Crippen molar-refractivity contribution >= 4 is 27.4 Å². The van der Waals surface area contributed by atoms with E-state index in [0.29, 0.717) is 48.7 Å². The van der Waals surface area contributed by atoms with Gasteiger partial charge in [-0.1, -0.05) is 0 Å². The number of piperidine rings is 1. The number of carbonyl (C=O) groups is 1. The Balaban J connectivity index is 2.01. The molecule has 9 nitrogen and oxygen atoms in total. The molecule has 0 radical (unpaired) electrons. The fourth-order valence-corrected chi connectivity index (χ4v) is 4.80. The van der Waals surface area contributed by atoms with Crippen molar-refractivity contribution in [2.24, 2.45) is 0 Å². The molecule has 150 valence electrons. The van der Waals surface area contributed by atoms with Crippen LogP contribution in [0.25, 0.3) is 11.4 Å². The Bertz CT molecular complexity index is 969. The molecule has 1 saturated heterocycles. The maximum atomic E-state index is 12.7. The Morgan fingerprint density at radius 1 is 1.18 bits per heavy atom. The van der Waals surface area contributed by atoms with Gasteiger partial charge in [0.2, 0.25) is 0 Å². The second kappa shape index (κ2) is 7.72. The highest BCUT2D eigenvalue weighted by Crippen LogP contribution is 2.38. The van der Waals surface area contributed by atoms with Gasteiger partial charge in [-0.3, -0.25) is 0 Å². The van der Waals surface area contributed by atoms with Crippen LogP contribution in [-0.4, -0.2) is 50.8 Å². The number of urea groups is 1. The first-order valence-electron chi connectivity index (χ1n) is 8.90. The maximum absolute atomic E-state index is 12.7. The first kappa shape index (κ1) is 20.0. The monoisotopic (exact) mass is 404 g/mol. The van der Waals surface area contributed by atoms with Crippen LogP contribution in [0.3, 0.4) is 0 Å². The molecule has 2 amide bonds. The predicted octanol–water partition coefficient (Wildman–Crippen LogP) is 1.10. The zero-order valence-corrected chi connectivity index (χ0v) is 16.6. The summed E-state index contributed by atoms with van der Waals surface area (Å²) in [6.45, 7) is 1.18. The average molecular weight is 404 g/mol. The number of nitrogens with one attached hydrogen (secondary N) is 3. The van der Waals surface area contributed by atoms with Crippen LogP contribution in [-0.2, 0) is 14.6 Å². The SMILES string of the molecule is CNC(=O)Nc1ccc(-c2nc(N)cc(C3(S(C)(=O)=O)CCNCC3)n2)cc1. The highest BCUT2D eigenvalue weighted by atomic mass is 32.2. The van der Waals surface area contributed by atoms with Gasteiger partial charge in [-0.2, -0.15) is 0 Å². The second-order valence-corrected chi connectivity index (χ2v) is 9.13. The van der Waals surface area contributed by atoms with Gasteiger partial charge < -0.3 is 21.7 Å². The van der Waals surface area contributed by atoms with E-state index in [0.717, 1.165) is 0 Å². The molecule has 5 N–H and O–H groups in total. The number of anilines is 2. The lowest BCUT2D eigenvalue weighted by atomic mass is 9.92. The predicted molar refractivity (Wildman–Crippen MR) is 109 cm³/mol. The van der Waals surface area contributed by atoms with Gasteiger partial charge in [0.15, 0.2) is 15.7 Å². The van der Waals surface area contributed by atoms with Gasteiger partial charge in [-0.25, -0.2) is 23.2 Å². The van der Waals surface area contributed by atoms with Gasteiger partial charge in [-0.15, -0.1) is 0 Å². The van der Waals surface area contributed by atoms with Gasteiger partial charge in [0.1, 0.15) is 10.6 Å². The van der Waals surface area contributed by atoms with E-state index in [1.807, 2.05) is 0 Å². The number of benzene rings is 1. The van der Waals surface area contributed by atoms with E-state index in [9.17, 15) is 13.2 Å². The summed E-state index contributed by atoms with van der Waals surface area (Å²) < 4.78 is 24.3. The summed E-state index contributed by atoms with van der Waals surface area (Å²) >= 11 is 0. The lowest BCUT2D eigenvalue weighted by Gasteiger charge is -2.35. The standard InChI is InChI=1S/C18H24N6O3S/c1-20-17(25)22-13-5-3-12(4-6-13)16-23-14(11-15(19)24-16)18(28(2,26)27)7-9-21-10-8-18/h3-6,11,21H,7-10H2,1-2H3,(H2,19,23,24)(H2,20,22,25). The van der Waals surface area contributed by atoms with Crippen molar-refractivity contribution in [2.45, 2.75) is 17.6 Å². The number of aromatic nitrogens is 2. The summed E-state index contributed by atoms with van der Waals surface area (Å²) in [7, 11) is -1.89. The molecule has 0 atom stereocenters. The normalized spacial score (nSPS) is 16.4. The van der Waals surface area contributed by atoms with Crippen molar-refractivity contribution in [2.75, 3.05) is 37.4 Å². The lowest BCUT2D eigenvalue weighted by Crippen LogP contribution is -2.45. The van der Waals surface area contributed by atoms with Crippen LogP contribution in [0, 0.1) is 0 Å². The largest absolute Gasteiger partial charge is 0.384 e. The first-order valence-corrected chi connectivity index (χ1v) is 10.8. The number of nitrogens with zero attached hydrogens (tertiary/aromatic N) is 2. The van der Waals surface area contributed by atoms with Gasteiger partial charge in [-0.05, 0) is 50.2 Å². The van der Waals surface area contributed by atoms with Crippen LogP contribution >= 0.6 is 0 Å². The fraction of sp³-hybridized carbons (Fsp3) is 0.389. The van der Waals surface area contributed by atoms with E-state index >= 15 is 0 Å². The molecule has 0 saturated carbocycles. The Kier molecular flexibility index (Phi) is 5.52. The molecule has 2 aromatic rings. The smallest absolute Gasteiger partial charge is 0.318 e. The van der Waals surface area contributed by atoms with Crippen molar-refractivity contribution in [3.05, 3.63) is 36.0 Å². The minimum Gasteiger partial charge on any atom is -0.384 e. The summed E-state index contributed by atoms with van der Waals surface area (Å²) in [5, 5.41) is 8.33. The van der Waals surface area contributed by atoms with E-state index in [1.165, 1.54) is 13.3 Å². The highest BCUT2D eigenvalue weighted by molar-refractivity contribution is 7.91. The van der Waals surface area contributed by atoms with E-state index < -0.39 is 14.6 Å². The molecule has 1 aromatic heterocycles. The zero-order chi connectivity index (χ0) is 20.4.